The molecule has 2 heterocycles. The van der Waals surface area contributed by atoms with Crippen molar-refractivity contribution in [2.45, 2.75) is 44.3 Å². The molecule has 0 radical (unpaired) electrons. The van der Waals surface area contributed by atoms with Gasteiger partial charge in [-0.1, -0.05) is 12.5 Å². The standard InChI is InChI=1S/C17H23N7O/c1-23-12-6-5-7-13(11(12)10-20-16(23)25)24-15(19)21-14(18)22-17(24)8-3-2-4-9-17/h5-7H,2-4,8-10H2,1H3,(H,20,25)(H4,18,19,21,22). The highest BCUT2D eigenvalue weighted by molar-refractivity contribution is 6.07. The molecule has 1 aliphatic carbocycles. The number of amides is 2. The quantitative estimate of drug-likeness (QED) is 0.717. The van der Waals surface area contributed by atoms with Crippen LogP contribution < -0.4 is 26.6 Å². The van der Waals surface area contributed by atoms with Gasteiger partial charge in [-0.15, -0.1) is 0 Å². The lowest BCUT2D eigenvalue weighted by Gasteiger charge is -2.46. The molecule has 0 saturated heterocycles. The molecule has 132 valence electrons. The molecule has 2 amide bonds. The van der Waals surface area contributed by atoms with Crippen molar-refractivity contribution in [2.75, 3.05) is 16.8 Å². The van der Waals surface area contributed by atoms with E-state index in [1.165, 1.54) is 6.42 Å². The molecule has 1 fully saturated rings. The summed E-state index contributed by atoms with van der Waals surface area (Å²) in [5, 5.41) is 2.90. The fourth-order valence-electron chi connectivity index (χ4n) is 4.13. The van der Waals surface area contributed by atoms with Crippen LogP contribution in [-0.4, -0.2) is 30.7 Å². The largest absolute Gasteiger partial charge is 0.369 e. The molecule has 25 heavy (non-hydrogen) atoms. The van der Waals surface area contributed by atoms with E-state index in [2.05, 4.69) is 10.3 Å². The minimum Gasteiger partial charge on any atom is -0.369 e. The van der Waals surface area contributed by atoms with Crippen LogP contribution in [0.3, 0.4) is 0 Å². The fourth-order valence-corrected chi connectivity index (χ4v) is 4.13. The van der Waals surface area contributed by atoms with Crippen molar-refractivity contribution in [1.29, 1.82) is 0 Å². The van der Waals surface area contributed by atoms with E-state index in [9.17, 15) is 4.79 Å². The third kappa shape index (κ3) is 2.40. The van der Waals surface area contributed by atoms with E-state index in [4.69, 9.17) is 16.5 Å². The average molecular weight is 341 g/mol. The van der Waals surface area contributed by atoms with Crippen LogP contribution >= 0.6 is 0 Å². The average Bonchev–Trinajstić information content (AvgIpc) is 2.58. The van der Waals surface area contributed by atoms with Crippen molar-refractivity contribution in [3.63, 3.8) is 0 Å². The van der Waals surface area contributed by atoms with Gasteiger partial charge in [0, 0.05) is 19.2 Å². The number of nitrogens with two attached hydrogens (primary N) is 2. The summed E-state index contributed by atoms with van der Waals surface area (Å²) in [5.41, 5.74) is 14.6. The van der Waals surface area contributed by atoms with Gasteiger partial charge in [-0.05, 0) is 37.8 Å². The number of rotatable bonds is 1. The number of nitrogens with zero attached hydrogens (tertiary/aromatic N) is 4. The summed E-state index contributed by atoms with van der Waals surface area (Å²) in [6, 6.07) is 5.79. The molecule has 1 aromatic rings. The Labute approximate surface area is 146 Å². The maximum Gasteiger partial charge on any atom is 0.321 e. The van der Waals surface area contributed by atoms with E-state index in [1.807, 2.05) is 23.1 Å². The first-order valence-corrected chi connectivity index (χ1v) is 8.65. The smallest absolute Gasteiger partial charge is 0.321 e. The molecule has 0 bridgehead atoms. The number of carbonyl (C=O) groups excluding carboxylic acids is 1. The van der Waals surface area contributed by atoms with Gasteiger partial charge in [-0.3, -0.25) is 9.80 Å². The minimum atomic E-state index is -0.483. The molecule has 8 heteroatoms. The highest BCUT2D eigenvalue weighted by atomic mass is 16.2. The van der Waals surface area contributed by atoms with Crippen molar-refractivity contribution in [3.05, 3.63) is 23.8 Å². The Morgan fingerprint density at radius 2 is 1.88 bits per heavy atom. The van der Waals surface area contributed by atoms with Gasteiger partial charge < -0.3 is 16.8 Å². The third-order valence-electron chi connectivity index (χ3n) is 5.30. The van der Waals surface area contributed by atoms with Crippen LogP contribution in [-0.2, 0) is 6.54 Å². The molecular formula is C17H23N7O. The number of urea groups is 1. The molecule has 0 atom stereocenters. The summed E-state index contributed by atoms with van der Waals surface area (Å²) in [7, 11) is 1.76. The molecule has 2 aliphatic heterocycles. The number of hydrogen-bond donors (Lipinski definition) is 3. The van der Waals surface area contributed by atoms with Crippen molar-refractivity contribution in [1.82, 2.24) is 5.32 Å². The van der Waals surface area contributed by atoms with E-state index < -0.39 is 5.66 Å². The monoisotopic (exact) mass is 341 g/mol. The van der Waals surface area contributed by atoms with Crippen LogP contribution in [0.15, 0.2) is 28.2 Å². The van der Waals surface area contributed by atoms with Gasteiger partial charge in [0.2, 0.25) is 11.9 Å². The molecule has 1 spiro atoms. The Hall–Kier alpha value is -2.77. The lowest BCUT2D eigenvalue weighted by molar-refractivity contribution is 0.246. The van der Waals surface area contributed by atoms with Crippen molar-refractivity contribution < 1.29 is 4.79 Å². The number of nitrogens with one attached hydrogen (secondary N) is 1. The highest BCUT2D eigenvalue weighted by Gasteiger charge is 2.43. The number of hydrogen-bond acceptors (Lipinski definition) is 6. The van der Waals surface area contributed by atoms with Crippen LogP contribution in [0.4, 0.5) is 16.2 Å². The van der Waals surface area contributed by atoms with E-state index >= 15 is 0 Å². The second kappa shape index (κ2) is 5.65. The van der Waals surface area contributed by atoms with Gasteiger partial charge in [0.25, 0.3) is 0 Å². The second-order valence-corrected chi connectivity index (χ2v) is 6.81. The van der Waals surface area contributed by atoms with Gasteiger partial charge in [0.1, 0.15) is 5.66 Å². The highest BCUT2D eigenvalue weighted by Crippen LogP contribution is 2.42. The predicted molar refractivity (Wildman–Crippen MR) is 98.6 cm³/mol. The van der Waals surface area contributed by atoms with E-state index in [0.29, 0.717) is 12.5 Å². The van der Waals surface area contributed by atoms with Crippen LogP contribution in [0.25, 0.3) is 0 Å². The molecular weight excluding hydrogens is 318 g/mol. The molecule has 3 aliphatic rings. The molecule has 1 saturated carbocycles. The summed E-state index contributed by atoms with van der Waals surface area (Å²) in [5.74, 6) is 0.605. The molecule has 5 N–H and O–H groups in total. The number of anilines is 2. The zero-order valence-corrected chi connectivity index (χ0v) is 14.3. The first-order chi connectivity index (χ1) is 12.0. The third-order valence-corrected chi connectivity index (χ3v) is 5.30. The lowest BCUT2D eigenvalue weighted by atomic mass is 9.86. The Balaban J connectivity index is 1.86. The lowest BCUT2D eigenvalue weighted by Crippen LogP contribution is -2.59. The molecule has 1 aromatic carbocycles. The van der Waals surface area contributed by atoms with Gasteiger partial charge in [0.05, 0.1) is 11.4 Å². The maximum absolute atomic E-state index is 12.0. The summed E-state index contributed by atoms with van der Waals surface area (Å²) in [6.07, 6.45) is 5.11. The van der Waals surface area contributed by atoms with E-state index in [-0.39, 0.29) is 12.0 Å². The van der Waals surface area contributed by atoms with Crippen molar-refractivity contribution >= 4 is 29.3 Å². The normalized spacial score (nSPS) is 22.2. The summed E-state index contributed by atoms with van der Waals surface area (Å²) in [4.78, 5) is 24.5. The minimum absolute atomic E-state index is 0.112. The topological polar surface area (TPSA) is 112 Å². The van der Waals surface area contributed by atoms with Gasteiger partial charge >= 0.3 is 6.03 Å². The summed E-state index contributed by atoms with van der Waals surface area (Å²) >= 11 is 0. The Morgan fingerprint density at radius 3 is 2.64 bits per heavy atom. The predicted octanol–water partition coefficient (Wildman–Crippen LogP) is 1.46. The fraction of sp³-hybridized carbons (Fsp3) is 0.471. The summed E-state index contributed by atoms with van der Waals surface area (Å²) < 4.78 is 0. The van der Waals surface area contributed by atoms with Crippen LogP contribution in [0.5, 0.6) is 0 Å². The summed E-state index contributed by atoms with van der Waals surface area (Å²) in [6.45, 7) is 0.452. The van der Waals surface area contributed by atoms with E-state index in [0.717, 1.165) is 42.6 Å². The molecule has 8 nitrogen and oxygen atoms in total. The van der Waals surface area contributed by atoms with Gasteiger partial charge in [-0.25, -0.2) is 9.79 Å². The molecule has 4 rings (SSSR count). The number of benzene rings is 1. The zero-order chi connectivity index (χ0) is 17.6. The number of fused-ring (bicyclic) bond motifs is 1. The van der Waals surface area contributed by atoms with Gasteiger partial charge in [-0.2, -0.15) is 4.99 Å². The van der Waals surface area contributed by atoms with Crippen molar-refractivity contribution in [3.8, 4) is 0 Å². The van der Waals surface area contributed by atoms with Crippen LogP contribution in [0.2, 0.25) is 0 Å². The maximum atomic E-state index is 12.0. The Kier molecular flexibility index (Phi) is 3.55. The number of carbonyl (C=O) groups is 1. The van der Waals surface area contributed by atoms with Gasteiger partial charge in [0.15, 0.2) is 0 Å². The molecule has 0 aromatic heterocycles. The first-order valence-electron chi connectivity index (χ1n) is 8.65. The Morgan fingerprint density at radius 1 is 1.16 bits per heavy atom. The zero-order valence-electron chi connectivity index (χ0n) is 14.3. The van der Waals surface area contributed by atoms with Crippen molar-refractivity contribution in [2.24, 2.45) is 21.5 Å². The van der Waals surface area contributed by atoms with E-state index in [1.54, 1.807) is 11.9 Å². The number of aliphatic imine (C=N–C) groups is 2. The SMILES string of the molecule is CN1C(=O)NCc2c1cccc2N1C(N)=NC(N)=NC12CCCCC2. The van der Waals surface area contributed by atoms with Crippen LogP contribution in [0.1, 0.15) is 37.7 Å². The van der Waals surface area contributed by atoms with Crippen LogP contribution in [0, 0.1) is 0 Å². The number of guanidine groups is 2. The second-order valence-electron chi connectivity index (χ2n) is 6.81. The first kappa shape index (κ1) is 15.7. The Bertz CT molecular complexity index is 779. The molecule has 0 unspecified atom stereocenters.